The van der Waals surface area contributed by atoms with Crippen LogP contribution in [-0.2, 0) is 9.59 Å². The van der Waals surface area contributed by atoms with Gasteiger partial charge in [0.05, 0.1) is 6.10 Å². The lowest BCUT2D eigenvalue weighted by Crippen LogP contribution is -2.44. The highest BCUT2D eigenvalue weighted by Crippen LogP contribution is 2.24. The predicted octanol–water partition coefficient (Wildman–Crippen LogP) is -0.130. The number of hydrogen-bond acceptors (Lipinski definition) is 3. The normalized spacial score (nSPS) is 25.9. The Labute approximate surface area is 95.6 Å². The summed E-state index contributed by atoms with van der Waals surface area (Å²) in [6.07, 6.45) is -0.0317. The van der Waals surface area contributed by atoms with Gasteiger partial charge in [-0.05, 0) is 5.41 Å². The zero-order valence-electron chi connectivity index (χ0n) is 10.1. The van der Waals surface area contributed by atoms with Gasteiger partial charge in [-0.2, -0.15) is 0 Å². The van der Waals surface area contributed by atoms with Crippen molar-refractivity contribution in [3.8, 4) is 0 Å². The summed E-state index contributed by atoms with van der Waals surface area (Å²) in [4.78, 5) is 24.5. The second-order valence-corrected chi connectivity index (χ2v) is 5.59. The largest absolute Gasteiger partial charge is 0.391 e. The first-order valence-corrected chi connectivity index (χ1v) is 5.47. The molecule has 2 atom stereocenters. The maximum atomic E-state index is 11.9. The third-order valence-electron chi connectivity index (χ3n) is 2.61. The van der Waals surface area contributed by atoms with Crippen LogP contribution in [0.25, 0.3) is 0 Å². The number of β-amino-alcohol motifs (C(OH)–C–C–N with tert-alkyl or cyclic N) is 1. The van der Waals surface area contributed by atoms with E-state index in [1.165, 1.54) is 4.90 Å². The van der Waals surface area contributed by atoms with Crippen molar-refractivity contribution in [2.75, 3.05) is 6.54 Å². The zero-order valence-corrected chi connectivity index (χ0v) is 10.1. The third-order valence-corrected chi connectivity index (χ3v) is 2.61. The van der Waals surface area contributed by atoms with Crippen LogP contribution in [0.2, 0.25) is 0 Å². The Bertz CT molecular complexity index is 296. The van der Waals surface area contributed by atoms with E-state index < -0.39 is 18.1 Å². The lowest BCUT2D eigenvalue weighted by Gasteiger charge is -2.26. The van der Waals surface area contributed by atoms with Crippen LogP contribution in [-0.4, -0.2) is 40.5 Å². The average molecular weight is 228 g/mol. The number of amides is 2. The third kappa shape index (κ3) is 3.20. The highest BCUT2D eigenvalue weighted by atomic mass is 16.3. The molecule has 1 saturated heterocycles. The molecule has 1 heterocycles. The van der Waals surface area contributed by atoms with E-state index in [9.17, 15) is 14.7 Å². The van der Waals surface area contributed by atoms with Crippen LogP contribution in [0.1, 0.15) is 33.6 Å². The van der Waals surface area contributed by atoms with E-state index in [1.807, 2.05) is 20.8 Å². The maximum Gasteiger partial charge on any atom is 0.240 e. The number of primary amides is 1. The monoisotopic (exact) mass is 228 g/mol. The Balaban J connectivity index is 2.71. The highest BCUT2D eigenvalue weighted by molar-refractivity contribution is 5.87. The molecule has 16 heavy (non-hydrogen) atoms. The van der Waals surface area contributed by atoms with E-state index in [4.69, 9.17) is 5.73 Å². The zero-order chi connectivity index (χ0) is 12.5. The lowest BCUT2D eigenvalue weighted by atomic mass is 9.91. The fourth-order valence-electron chi connectivity index (χ4n) is 1.91. The van der Waals surface area contributed by atoms with Crippen molar-refractivity contribution < 1.29 is 14.7 Å². The molecule has 2 amide bonds. The number of nitrogens with two attached hydrogens (primary N) is 1. The van der Waals surface area contributed by atoms with Crippen molar-refractivity contribution in [3.05, 3.63) is 0 Å². The van der Waals surface area contributed by atoms with Crippen LogP contribution in [0, 0.1) is 5.41 Å². The SMILES string of the molecule is CC(C)(C)CC(=O)N1CC(O)CC1C(N)=O. The number of likely N-dealkylation sites (tertiary alicyclic amines) is 1. The molecule has 1 fully saturated rings. The second-order valence-electron chi connectivity index (χ2n) is 5.59. The molecule has 5 nitrogen and oxygen atoms in total. The van der Waals surface area contributed by atoms with Gasteiger partial charge in [-0.1, -0.05) is 20.8 Å². The van der Waals surface area contributed by atoms with E-state index in [-0.39, 0.29) is 24.3 Å². The van der Waals surface area contributed by atoms with Gasteiger partial charge in [-0.25, -0.2) is 0 Å². The number of aliphatic hydroxyl groups is 1. The van der Waals surface area contributed by atoms with Gasteiger partial charge < -0.3 is 15.7 Å². The Morgan fingerprint density at radius 3 is 2.44 bits per heavy atom. The van der Waals surface area contributed by atoms with Crippen LogP contribution >= 0.6 is 0 Å². The minimum absolute atomic E-state index is 0.118. The minimum atomic E-state index is -0.648. The predicted molar refractivity (Wildman–Crippen MR) is 59.4 cm³/mol. The van der Waals surface area contributed by atoms with Crippen molar-refractivity contribution in [3.63, 3.8) is 0 Å². The second kappa shape index (κ2) is 4.41. The van der Waals surface area contributed by atoms with Gasteiger partial charge in [-0.15, -0.1) is 0 Å². The van der Waals surface area contributed by atoms with Crippen LogP contribution in [0.5, 0.6) is 0 Å². The summed E-state index contributed by atoms with van der Waals surface area (Å²) in [6, 6.07) is -0.648. The van der Waals surface area contributed by atoms with Gasteiger partial charge in [0.2, 0.25) is 11.8 Å². The van der Waals surface area contributed by atoms with Crippen molar-refractivity contribution in [2.45, 2.75) is 45.8 Å². The standard InChI is InChI=1S/C11H20N2O3/c1-11(2,3)5-9(15)13-6-7(14)4-8(13)10(12)16/h7-8,14H,4-6H2,1-3H3,(H2,12,16). The molecule has 0 aromatic heterocycles. The molecule has 0 aromatic carbocycles. The summed E-state index contributed by atoms with van der Waals surface area (Å²) in [5.41, 5.74) is 5.08. The smallest absolute Gasteiger partial charge is 0.240 e. The first-order chi connectivity index (χ1) is 7.20. The van der Waals surface area contributed by atoms with Crippen LogP contribution in [0.3, 0.4) is 0 Å². The number of hydrogen-bond donors (Lipinski definition) is 2. The van der Waals surface area contributed by atoms with Crippen molar-refractivity contribution in [1.29, 1.82) is 0 Å². The molecular formula is C11H20N2O3. The molecule has 0 aromatic rings. The summed E-state index contributed by atoms with van der Waals surface area (Å²) in [5, 5.41) is 9.46. The topological polar surface area (TPSA) is 83.6 Å². The molecule has 0 bridgehead atoms. The van der Waals surface area contributed by atoms with Gasteiger partial charge >= 0.3 is 0 Å². The van der Waals surface area contributed by atoms with E-state index in [1.54, 1.807) is 0 Å². The maximum absolute atomic E-state index is 11.9. The fraction of sp³-hybridized carbons (Fsp3) is 0.818. The Kier molecular flexibility index (Phi) is 3.57. The molecule has 1 aliphatic rings. The average Bonchev–Trinajstić information content (AvgIpc) is 2.44. The highest BCUT2D eigenvalue weighted by Gasteiger charge is 2.38. The van der Waals surface area contributed by atoms with E-state index in [0.29, 0.717) is 6.42 Å². The molecule has 2 unspecified atom stereocenters. The molecule has 0 saturated carbocycles. The molecule has 5 heteroatoms. The number of rotatable bonds is 2. The van der Waals surface area contributed by atoms with Gasteiger partial charge in [0.1, 0.15) is 6.04 Å². The molecule has 1 aliphatic heterocycles. The van der Waals surface area contributed by atoms with Crippen molar-refractivity contribution in [2.24, 2.45) is 11.1 Å². The van der Waals surface area contributed by atoms with Crippen LogP contribution < -0.4 is 5.73 Å². The molecule has 3 N–H and O–H groups in total. The van der Waals surface area contributed by atoms with E-state index in [0.717, 1.165) is 0 Å². The summed E-state index contributed by atoms with van der Waals surface area (Å²) in [6.45, 7) is 6.08. The van der Waals surface area contributed by atoms with Crippen LogP contribution in [0.15, 0.2) is 0 Å². The van der Waals surface area contributed by atoms with Crippen LogP contribution in [0.4, 0.5) is 0 Å². The van der Waals surface area contributed by atoms with E-state index in [2.05, 4.69) is 0 Å². The fourth-order valence-corrected chi connectivity index (χ4v) is 1.91. The molecular weight excluding hydrogens is 208 g/mol. The van der Waals surface area contributed by atoms with Crippen molar-refractivity contribution >= 4 is 11.8 Å². The van der Waals surface area contributed by atoms with Gasteiger partial charge in [0.25, 0.3) is 0 Å². The number of nitrogens with zero attached hydrogens (tertiary/aromatic N) is 1. The summed E-state index contributed by atoms with van der Waals surface area (Å²) >= 11 is 0. The summed E-state index contributed by atoms with van der Waals surface area (Å²) < 4.78 is 0. The molecule has 92 valence electrons. The number of aliphatic hydroxyl groups excluding tert-OH is 1. The first kappa shape index (κ1) is 13.0. The quantitative estimate of drug-likeness (QED) is 0.690. The molecule has 0 radical (unpaired) electrons. The minimum Gasteiger partial charge on any atom is -0.391 e. The Morgan fingerprint density at radius 2 is 2.00 bits per heavy atom. The van der Waals surface area contributed by atoms with Gasteiger partial charge in [0, 0.05) is 19.4 Å². The number of carbonyl (C=O) groups is 2. The van der Waals surface area contributed by atoms with Crippen molar-refractivity contribution in [1.82, 2.24) is 4.90 Å². The Morgan fingerprint density at radius 1 is 1.44 bits per heavy atom. The number of carbonyl (C=O) groups excluding carboxylic acids is 2. The van der Waals surface area contributed by atoms with Gasteiger partial charge in [-0.3, -0.25) is 9.59 Å². The molecule has 0 aliphatic carbocycles. The van der Waals surface area contributed by atoms with E-state index >= 15 is 0 Å². The molecule has 0 spiro atoms. The van der Waals surface area contributed by atoms with Gasteiger partial charge in [0.15, 0.2) is 0 Å². The summed E-state index contributed by atoms with van der Waals surface area (Å²) in [7, 11) is 0. The molecule has 1 rings (SSSR count). The Hall–Kier alpha value is -1.10. The first-order valence-electron chi connectivity index (χ1n) is 5.47. The summed E-state index contributed by atoms with van der Waals surface area (Å²) in [5.74, 6) is -0.661. The lowest BCUT2D eigenvalue weighted by molar-refractivity contribution is -0.138.